The van der Waals surface area contributed by atoms with E-state index in [1.165, 1.54) is 24.3 Å². The average molecular weight is 453 g/mol. The van der Waals surface area contributed by atoms with E-state index in [4.69, 9.17) is 4.74 Å². The predicted octanol–water partition coefficient (Wildman–Crippen LogP) is 4.61. The van der Waals surface area contributed by atoms with Gasteiger partial charge in [0.05, 0.1) is 4.90 Å². The summed E-state index contributed by atoms with van der Waals surface area (Å²) in [6.07, 6.45) is 0. The first-order valence-electron chi connectivity index (χ1n) is 10.4. The van der Waals surface area contributed by atoms with Crippen molar-refractivity contribution < 1.29 is 17.9 Å². The van der Waals surface area contributed by atoms with E-state index in [1.54, 1.807) is 0 Å². The fourth-order valence-electron chi connectivity index (χ4n) is 3.24. The van der Waals surface area contributed by atoms with Crippen LogP contribution in [0.5, 0.6) is 5.75 Å². The smallest absolute Gasteiger partial charge is 0.262 e. The summed E-state index contributed by atoms with van der Waals surface area (Å²) in [7, 11) is -3.65. The summed E-state index contributed by atoms with van der Waals surface area (Å²) in [6, 6.07) is 21.2. The van der Waals surface area contributed by atoms with Crippen LogP contribution in [0.2, 0.25) is 0 Å². The molecule has 3 aromatic carbocycles. The van der Waals surface area contributed by atoms with E-state index < -0.39 is 10.0 Å². The van der Waals surface area contributed by atoms with Crippen molar-refractivity contribution in [3.63, 3.8) is 0 Å². The number of ether oxygens (including phenoxy) is 1. The molecular formula is C25H28N2O4S. The van der Waals surface area contributed by atoms with Crippen molar-refractivity contribution in [3.05, 3.63) is 89.5 Å². The largest absolute Gasteiger partial charge is 0.484 e. The Kier molecular flexibility index (Phi) is 7.66. The minimum atomic E-state index is -3.65. The van der Waals surface area contributed by atoms with E-state index in [-0.39, 0.29) is 29.9 Å². The summed E-state index contributed by atoms with van der Waals surface area (Å²) >= 11 is 0. The third-order valence-electron chi connectivity index (χ3n) is 5.00. The number of para-hydroxylation sites is 1. The van der Waals surface area contributed by atoms with Crippen molar-refractivity contribution in [2.75, 3.05) is 11.9 Å². The highest BCUT2D eigenvalue weighted by Crippen LogP contribution is 2.27. The Morgan fingerprint density at radius 3 is 2.28 bits per heavy atom. The van der Waals surface area contributed by atoms with Gasteiger partial charge >= 0.3 is 0 Å². The molecule has 7 heteroatoms. The van der Waals surface area contributed by atoms with Crippen molar-refractivity contribution >= 4 is 21.6 Å². The molecule has 0 spiro atoms. The average Bonchev–Trinajstić information content (AvgIpc) is 2.78. The molecule has 0 saturated carbocycles. The molecule has 0 unspecified atom stereocenters. The third-order valence-corrected chi connectivity index (χ3v) is 6.42. The molecule has 0 atom stereocenters. The van der Waals surface area contributed by atoms with Crippen LogP contribution in [-0.4, -0.2) is 20.9 Å². The molecule has 0 saturated heterocycles. The number of carbonyl (C=O) groups is 1. The molecule has 0 heterocycles. The molecule has 6 nitrogen and oxygen atoms in total. The lowest BCUT2D eigenvalue weighted by molar-refractivity contribution is -0.118. The molecule has 0 aliphatic carbocycles. The van der Waals surface area contributed by atoms with E-state index in [1.807, 2.05) is 55.5 Å². The van der Waals surface area contributed by atoms with E-state index in [2.05, 4.69) is 23.9 Å². The zero-order chi connectivity index (χ0) is 23.1. The second kappa shape index (κ2) is 10.4. The Balaban J connectivity index is 1.57. The first-order chi connectivity index (χ1) is 15.3. The first kappa shape index (κ1) is 23.5. The zero-order valence-electron chi connectivity index (χ0n) is 18.5. The van der Waals surface area contributed by atoms with Gasteiger partial charge in [-0.15, -0.1) is 0 Å². The number of amides is 1. The Morgan fingerprint density at radius 2 is 1.62 bits per heavy atom. The topological polar surface area (TPSA) is 84.5 Å². The third kappa shape index (κ3) is 6.18. The fourth-order valence-corrected chi connectivity index (χ4v) is 4.26. The van der Waals surface area contributed by atoms with E-state index >= 15 is 0 Å². The molecule has 3 rings (SSSR count). The second-order valence-electron chi connectivity index (χ2n) is 7.81. The molecule has 0 bridgehead atoms. The number of sulfonamides is 1. The lowest BCUT2D eigenvalue weighted by atomic mass is 9.98. The van der Waals surface area contributed by atoms with Gasteiger partial charge in [-0.1, -0.05) is 62.4 Å². The Morgan fingerprint density at radius 1 is 0.938 bits per heavy atom. The van der Waals surface area contributed by atoms with Crippen LogP contribution in [0.4, 0.5) is 5.69 Å². The van der Waals surface area contributed by atoms with Crippen LogP contribution < -0.4 is 14.8 Å². The highest BCUT2D eigenvalue weighted by molar-refractivity contribution is 7.89. The Hall–Kier alpha value is -3.16. The number of hydrogen-bond acceptors (Lipinski definition) is 4. The van der Waals surface area contributed by atoms with Gasteiger partial charge in [0.2, 0.25) is 10.0 Å². The van der Waals surface area contributed by atoms with Gasteiger partial charge in [0.15, 0.2) is 6.61 Å². The molecule has 1 amide bonds. The monoisotopic (exact) mass is 452 g/mol. The van der Waals surface area contributed by atoms with Gasteiger partial charge in [-0.05, 0) is 53.8 Å². The summed E-state index contributed by atoms with van der Waals surface area (Å²) in [5.41, 5.74) is 3.73. The molecule has 0 fully saturated rings. The van der Waals surface area contributed by atoms with Gasteiger partial charge in [0.1, 0.15) is 5.75 Å². The summed E-state index contributed by atoms with van der Waals surface area (Å²) < 4.78 is 33.1. The van der Waals surface area contributed by atoms with Gasteiger partial charge in [0.25, 0.3) is 5.91 Å². The molecular weight excluding hydrogens is 424 g/mol. The van der Waals surface area contributed by atoms with Crippen LogP contribution in [0, 0.1) is 6.92 Å². The normalized spacial score (nSPS) is 11.4. The summed E-state index contributed by atoms with van der Waals surface area (Å²) in [5, 5.41) is 2.93. The molecule has 0 aliphatic rings. The first-order valence-corrected chi connectivity index (χ1v) is 11.9. The standard InChI is InChI=1S/C25H28N2O4S/c1-18(2)23-11-7-8-19(3)25(23)27-24(28)17-31-21-12-14-22(15-13-21)32(29,30)26-16-20-9-5-4-6-10-20/h4-15,18,26H,16-17H2,1-3H3,(H,27,28). The van der Waals surface area contributed by atoms with Gasteiger partial charge in [0, 0.05) is 12.2 Å². The van der Waals surface area contributed by atoms with Crippen LogP contribution in [0.15, 0.2) is 77.7 Å². The molecule has 2 N–H and O–H groups in total. The summed E-state index contributed by atoms with van der Waals surface area (Å²) in [5.74, 6) is 0.412. The number of aryl methyl sites for hydroxylation is 1. The SMILES string of the molecule is Cc1cccc(C(C)C)c1NC(=O)COc1ccc(S(=O)(=O)NCc2ccccc2)cc1. The quantitative estimate of drug-likeness (QED) is 0.496. The van der Waals surface area contributed by atoms with Crippen LogP contribution in [0.1, 0.15) is 36.5 Å². The Labute approximate surface area is 189 Å². The van der Waals surface area contributed by atoms with Gasteiger partial charge in [-0.2, -0.15) is 0 Å². The summed E-state index contributed by atoms with van der Waals surface area (Å²) in [4.78, 5) is 12.5. The number of rotatable bonds is 9. The highest BCUT2D eigenvalue weighted by Gasteiger charge is 2.15. The number of carbonyl (C=O) groups excluding carboxylic acids is 1. The second-order valence-corrected chi connectivity index (χ2v) is 9.58. The van der Waals surface area contributed by atoms with E-state index in [0.29, 0.717) is 5.75 Å². The van der Waals surface area contributed by atoms with Crippen LogP contribution in [0.3, 0.4) is 0 Å². The minimum absolute atomic E-state index is 0.131. The van der Waals surface area contributed by atoms with Crippen LogP contribution >= 0.6 is 0 Å². The fraction of sp³-hybridized carbons (Fsp3) is 0.240. The van der Waals surface area contributed by atoms with Crippen molar-refractivity contribution in [2.24, 2.45) is 0 Å². The van der Waals surface area contributed by atoms with E-state index in [9.17, 15) is 13.2 Å². The maximum absolute atomic E-state index is 12.5. The van der Waals surface area contributed by atoms with Gasteiger partial charge in [-0.25, -0.2) is 13.1 Å². The van der Waals surface area contributed by atoms with Crippen molar-refractivity contribution in [1.29, 1.82) is 0 Å². The molecule has 3 aromatic rings. The van der Waals surface area contributed by atoms with Gasteiger partial charge in [-0.3, -0.25) is 4.79 Å². The van der Waals surface area contributed by atoms with Crippen molar-refractivity contribution in [3.8, 4) is 5.75 Å². The lowest BCUT2D eigenvalue weighted by Crippen LogP contribution is -2.23. The maximum atomic E-state index is 12.5. The lowest BCUT2D eigenvalue weighted by Gasteiger charge is -2.16. The Bertz CT molecular complexity index is 1160. The molecule has 0 radical (unpaired) electrons. The number of hydrogen-bond donors (Lipinski definition) is 2. The minimum Gasteiger partial charge on any atom is -0.484 e. The van der Waals surface area contributed by atoms with Crippen LogP contribution in [0.25, 0.3) is 0 Å². The van der Waals surface area contributed by atoms with Crippen molar-refractivity contribution in [1.82, 2.24) is 4.72 Å². The zero-order valence-corrected chi connectivity index (χ0v) is 19.3. The van der Waals surface area contributed by atoms with Crippen LogP contribution in [-0.2, 0) is 21.4 Å². The number of benzene rings is 3. The highest BCUT2D eigenvalue weighted by atomic mass is 32.2. The summed E-state index contributed by atoms with van der Waals surface area (Å²) in [6.45, 7) is 6.13. The molecule has 168 valence electrons. The predicted molar refractivity (Wildman–Crippen MR) is 126 cm³/mol. The molecule has 0 aliphatic heterocycles. The number of anilines is 1. The molecule has 32 heavy (non-hydrogen) atoms. The van der Waals surface area contributed by atoms with Gasteiger partial charge < -0.3 is 10.1 Å². The maximum Gasteiger partial charge on any atom is 0.262 e. The van der Waals surface area contributed by atoms with Crippen molar-refractivity contribution in [2.45, 2.75) is 38.1 Å². The number of nitrogens with one attached hydrogen (secondary N) is 2. The molecule has 0 aromatic heterocycles. The van der Waals surface area contributed by atoms with E-state index in [0.717, 1.165) is 22.4 Å².